The van der Waals surface area contributed by atoms with Crippen molar-refractivity contribution < 1.29 is 13.9 Å². The van der Waals surface area contributed by atoms with Gasteiger partial charge in [-0.3, -0.25) is 4.68 Å². The number of aliphatic hydroxyl groups is 1. The molecule has 1 unspecified atom stereocenters. The molecule has 0 spiro atoms. The van der Waals surface area contributed by atoms with E-state index in [9.17, 15) is 8.78 Å². The van der Waals surface area contributed by atoms with Crippen molar-refractivity contribution in [2.24, 2.45) is 0 Å². The third-order valence-corrected chi connectivity index (χ3v) is 1.87. The predicted molar refractivity (Wildman–Crippen MR) is 43.6 cm³/mol. The quantitative estimate of drug-likeness (QED) is 0.784. The maximum absolute atomic E-state index is 12.1. The summed E-state index contributed by atoms with van der Waals surface area (Å²) in [6.45, 7) is 4.06. The summed E-state index contributed by atoms with van der Waals surface area (Å²) in [4.78, 5) is 0. The van der Waals surface area contributed by atoms with Gasteiger partial charge in [-0.15, -0.1) is 0 Å². The molecule has 0 aliphatic heterocycles. The van der Waals surface area contributed by atoms with Crippen LogP contribution in [0.5, 0.6) is 0 Å². The zero-order valence-corrected chi connectivity index (χ0v) is 7.54. The summed E-state index contributed by atoms with van der Waals surface area (Å²) < 4.78 is 25.8. The highest BCUT2D eigenvalue weighted by Crippen LogP contribution is 2.22. The normalized spacial score (nSPS) is 13.7. The molecule has 1 heterocycles. The molecule has 5 heteroatoms. The smallest absolute Gasteiger partial charge is 0.268 e. The van der Waals surface area contributed by atoms with E-state index in [0.717, 1.165) is 0 Å². The van der Waals surface area contributed by atoms with Crippen molar-refractivity contribution >= 4 is 0 Å². The number of rotatable bonds is 3. The minimum absolute atomic E-state index is 0.205. The van der Waals surface area contributed by atoms with Crippen LogP contribution in [0.4, 0.5) is 8.78 Å². The van der Waals surface area contributed by atoms with Crippen LogP contribution < -0.4 is 0 Å². The van der Waals surface area contributed by atoms with Crippen molar-refractivity contribution in [2.75, 3.05) is 0 Å². The average molecular weight is 190 g/mol. The lowest BCUT2D eigenvalue weighted by Crippen LogP contribution is -2.08. The first-order valence-electron chi connectivity index (χ1n) is 4.06. The Morgan fingerprint density at radius 3 is 2.62 bits per heavy atom. The van der Waals surface area contributed by atoms with Crippen molar-refractivity contribution in [3.05, 3.63) is 17.5 Å². The maximum Gasteiger partial charge on any atom is 0.268 e. The molecule has 3 nitrogen and oxygen atoms in total. The van der Waals surface area contributed by atoms with E-state index < -0.39 is 12.5 Å². The van der Waals surface area contributed by atoms with E-state index in [0.29, 0.717) is 12.2 Å². The fourth-order valence-corrected chi connectivity index (χ4v) is 1.12. The summed E-state index contributed by atoms with van der Waals surface area (Å²) in [5.74, 6) is 0. The number of aryl methyl sites for hydroxylation is 2. The Morgan fingerprint density at radius 1 is 1.62 bits per heavy atom. The summed E-state index contributed by atoms with van der Waals surface area (Å²) >= 11 is 0. The molecule has 1 rings (SSSR count). The number of hydrogen-bond acceptors (Lipinski definition) is 2. The van der Waals surface area contributed by atoms with E-state index in [1.807, 2.05) is 6.92 Å². The number of alkyl halides is 2. The molecule has 0 fully saturated rings. The molecule has 0 saturated heterocycles. The van der Waals surface area contributed by atoms with Crippen LogP contribution in [0.25, 0.3) is 0 Å². The van der Waals surface area contributed by atoms with Crippen molar-refractivity contribution in [1.29, 1.82) is 0 Å². The molecule has 74 valence electrons. The topological polar surface area (TPSA) is 38.0 Å². The Morgan fingerprint density at radius 2 is 2.23 bits per heavy atom. The SMILES string of the molecule is CCn1cc(C(O)C(F)F)c(C)n1. The van der Waals surface area contributed by atoms with E-state index in [1.165, 1.54) is 10.9 Å². The van der Waals surface area contributed by atoms with Crippen molar-refractivity contribution in [3.63, 3.8) is 0 Å². The maximum atomic E-state index is 12.1. The Labute approximate surface area is 75.0 Å². The summed E-state index contributed by atoms with van der Waals surface area (Å²) in [6, 6.07) is 0. The van der Waals surface area contributed by atoms with E-state index in [4.69, 9.17) is 5.11 Å². The number of aliphatic hydroxyl groups excluding tert-OH is 1. The standard InChI is InChI=1S/C8H12F2N2O/c1-3-12-4-6(5(2)11-12)7(13)8(9)10/h4,7-8,13H,3H2,1-2H3. The van der Waals surface area contributed by atoms with Crippen LogP contribution in [0.1, 0.15) is 24.3 Å². The van der Waals surface area contributed by atoms with Gasteiger partial charge in [0.25, 0.3) is 6.43 Å². The molecular formula is C8H12F2N2O. The van der Waals surface area contributed by atoms with Crippen LogP contribution in [-0.4, -0.2) is 21.3 Å². The molecule has 0 bridgehead atoms. The van der Waals surface area contributed by atoms with Gasteiger partial charge in [-0.2, -0.15) is 5.10 Å². The van der Waals surface area contributed by atoms with Gasteiger partial charge in [-0.1, -0.05) is 0 Å². The van der Waals surface area contributed by atoms with Crippen LogP contribution in [0.3, 0.4) is 0 Å². The summed E-state index contributed by atoms with van der Waals surface area (Å²) in [5, 5.41) is 13.0. The highest BCUT2D eigenvalue weighted by Gasteiger charge is 2.22. The number of nitrogens with zero attached hydrogens (tertiary/aromatic N) is 2. The van der Waals surface area contributed by atoms with Crippen LogP contribution in [0.2, 0.25) is 0 Å². The van der Waals surface area contributed by atoms with Gasteiger partial charge in [0, 0.05) is 18.3 Å². The molecule has 0 aliphatic carbocycles. The lowest BCUT2D eigenvalue weighted by molar-refractivity contribution is -0.00617. The van der Waals surface area contributed by atoms with Crippen molar-refractivity contribution in [3.8, 4) is 0 Å². The number of hydrogen-bond donors (Lipinski definition) is 1. The molecule has 13 heavy (non-hydrogen) atoms. The minimum Gasteiger partial charge on any atom is -0.382 e. The van der Waals surface area contributed by atoms with Gasteiger partial charge in [0.1, 0.15) is 6.10 Å². The summed E-state index contributed by atoms with van der Waals surface area (Å²) in [7, 11) is 0. The zero-order chi connectivity index (χ0) is 10.0. The summed E-state index contributed by atoms with van der Waals surface area (Å²) in [6.07, 6.45) is -3.03. The Balaban J connectivity index is 2.93. The molecule has 1 atom stereocenters. The molecule has 1 N–H and O–H groups in total. The predicted octanol–water partition coefficient (Wildman–Crippen LogP) is 1.51. The molecule has 0 aromatic carbocycles. The van der Waals surface area contributed by atoms with Gasteiger partial charge in [0.15, 0.2) is 0 Å². The van der Waals surface area contributed by atoms with Crippen molar-refractivity contribution in [1.82, 2.24) is 9.78 Å². The number of aromatic nitrogens is 2. The van der Waals surface area contributed by atoms with Crippen LogP contribution in [0, 0.1) is 6.92 Å². The van der Waals surface area contributed by atoms with Gasteiger partial charge in [0.05, 0.1) is 5.69 Å². The van der Waals surface area contributed by atoms with Gasteiger partial charge in [-0.25, -0.2) is 8.78 Å². The lowest BCUT2D eigenvalue weighted by Gasteiger charge is -2.06. The second-order valence-electron chi connectivity index (χ2n) is 2.80. The van der Waals surface area contributed by atoms with Crippen LogP contribution in [-0.2, 0) is 6.54 Å². The zero-order valence-electron chi connectivity index (χ0n) is 7.54. The van der Waals surface area contributed by atoms with Crippen LogP contribution in [0.15, 0.2) is 6.20 Å². The first-order valence-corrected chi connectivity index (χ1v) is 4.06. The first-order chi connectivity index (χ1) is 6.06. The average Bonchev–Trinajstić information content (AvgIpc) is 2.45. The number of halogens is 2. The Hall–Kier alpha value is -0.970. The summed E-state index contributed by atoms with van der Waals surface area (Å²) in [5.41, 5.74) is 0.659. The molecule has 0 amide bonds. The van der Waals surface area contributed by atoms with Gasteiger partial charge < -0.3 is 5.11 Å². The van der Waals surface area contributed by atoms with Crippen LogP contribution >= 0.6 is 0 Å². The fraction of sp³-hybridized carbons (Fsp3) is 0.625. The molecule has 1 aromatic rings. The molecule has 0 aliphatic rings. The minimum atomic E-state index is -2.76. The van der Waals surface area contributed by atoms with E-state index >= 15 is 0 Å². The van der Waals surface area contributed by atoms with E-state index in [2.05, 4.69) is 5.10 Å². The molecular weight excluding hydrogens is 178 g/mol. The van der Waals surface area contributed by atoms with Gasteiger partial charge >= 0.3 is 0 Å². The van der Waals surface area contributed by atoms with Gasteiger partial charge in [0.2, 0.25) is 0 Å². The third-order valence-electron chi connectivity index (χ3n) is 1.87. The second kappa shape index (κ2) is 3.83. The fourth-order valence-electron chi connectivity index (χ4n) is 1.12. The van der Waals surface area contributed by atoms with Gasteiger partial charge in [-0.05, 0) is 13.8 Å². The first kappa shape index (κ1) is 10.1. The highest BCUT2D eigenvalue weighted by atomic mass is 19.3. The molecule has 1 aromatic heterocycles. The van der Waals surface area contributed by atoms with Crippen molar-refractivity contribution in [2.45, 2.75) is 32.9 Å². The molecule has 0 saturated carbocycles. The Kier molecular flexibility index (Phi) is 2.98. The second-order valence-corrected chi connectivity index (χ2v) is 2.80. The monoisotopic (exact) mass is 190 g/mol. The lowest BCUT2D eigenvalue weighted by atomic mass is 10.1. The Bertz CT molecular complexity index is 286. The molecule has 0 radical (unpaired) electrons. The third kappa shape index (κ3) is 2.03. The van der Waals surface area contributed by atoms with E-state index in [-0.39, 0.29) is 5.56 Å². The largest absolute Gasteiger partial charge is 0.382 e. The van der Waals surface area contributed by atoms with E-state index in [1.54, 1.807) is 6.92 Å². The highest BCUT2D eigenvalue weighted by molar-refractivity contribution is 5.18.